The maximum atomic E-state index is 14.2. The monoisotopic (exact) mass is 351 g/mol. The average molecular weight is 351 g/mol. The summed E-state index contributed by atoms with van der Waals surface area (Å²) in [5, 5.41) is 2.65. The highest BCUT2D eigenvalue weighted by molar-refractivity contribution is 6.02. The lowest BCUT2D eigenvalue weighted by atomic mass is 10.1. The van der Waals surface area contributed by atoms with Crippen LogP contribution in [0.5, 0.6) is 5.75 Å². The Morgan fingerprint density at radius 2 is 2.12 bits per heavy atom. The lowest BCUT2D eigenvalue weighted by Gasteiger charge is -2.08. The molecule has 2 aromatic carbocycles. The van der Waals surface area contributed by atoms with E-state index in [0.29, 0.717) is 17.1 Å². The van der Waals surface area contributed by atoms with Crippen LogP contribution < -0.4 is 10.1 Å². The first kappa shape index (κ1) is 17.4. The van der Waals surface area contributed by atoms with Crippen molar-refractivity contribution in [2.45, 2.75) is 6.92 Å². The summed E-state index contributed by atoms with van der Waals surface area (Å²) >= 11 is 0. The number of rotatable bonds is 5. The van der Waals surface area contributed by atoms with Crippen LogP contribution in [-0.4, -0.2) is 22.6 Å². The van der Waals surface area contributed by atoms with Gasteiger partial charge in [0.25, 0.3) is 0 Å². The third-order valence-electron chi connectivity index (χ3n) is 3.80. The molecule has 1 aromatic heterocycles. The number of hydrogen-bond donors (Lipinski definition) is 1. The lowest BCUT2D eigenvalue weighted by Crippen LogP contribution is -2.08. The molecule has 0 unspecified atom stereocenters. The van der Waals surface area contributed by atoms with E-state index in [-0.39, 0.29) is 5.91 Å². The van der Waals surface area contributed by atoms with Gasteiger partial charge in [-0.3, -0.25) is 4.79 Å². The summed E-state index contributed by atoms with van der Waals surface area (Å²) in [5.41, 5.74) is 2.59. The topological polar surface area (TPSA) is 56.1 Å². The largest absolute Gasteiger partial charge is 0.496 e. The van der Waals surface area contributed by atoms with E-state index >= 15 is 0 Å². The lowest BCUT2D eigenvalue weighted by molar-refractivity contribution is -0.111. The van der Waals surface area contributed by atoms with Crippen molar-refractivity contribution in [3.8, 4) is 11.4 Å². The summed E-state index contributed by atoms with van der Waals surface area (Å²) < 4.78 is 21.1. The highest BCUT2D eigenvalue weighted by atomic mass is 19.1. The fourth-order valence-electron chi connectivity index (χ4n) is 2.53. The van der Waals surface area contributed by atoms with Crippen LogP contribution >= 0.6 is 0 Å². The van der Waals surface area contributed by atoms with Crippen molar-refractivity contribution in [1.29, 1.82) is 0 Å². The Bertz CT molecular complexity index is 950. The SMILES string of the molecule is COc1ccc(C)cc1C=CC(=O)Nc1ccc(-n2ccnc2)c(F)c1. The van der Waals surface area contributed by atoms with Crippen LogP contribution in [0.3, 0.4) is 0 Å². The van der Waals surface area contributed by atoms with E-state index in [2.05, 4.69) is 10.3 Å². The first-order chi connectivity index (χ1) is 12.6. The second-order valence-electron chi connectivity index (χ2n) is 5.70. The van der Waals surface area contributed by atoms with Crippen LogP contribution in [-0.2, 0) is 4.79 Å². The number of imidazole rings is 1. The van der Waals surface area contributed by atoms with Crippen molar-refractivity contribution < 1.29 is 13.9 Å². The molecule has 0 atom stereocenters. The third kappa shape index (κ3) is 3.97. The summed E-state index contributed by atoms with van der Waals surface area (Å²) in [6.45, 7) is 1.96. The van der Waals surface area contributed by atoms with Crippen molar-refractivity contribution in [2.75, 3.05) is 12.4 Å². The van der Waals surface area contributed by atoms with E-state index in [4.69, 9.17) is 4.74 Å². The number of carbonyl (C=O) groups is 1. The summed E-state index contributed by atoms with van der Waals surface area (Å²) in [6.07, 6.45) is 7.78. The fraction of sp³-hybridized carbons (Fsp3) is 0.100. The van der Waals surface area contributed by atoms with Gasteiger partial charge >= 0.3 is 0 Å². The first-order valence-electron chi connectivity index (χ1n) is 7.98. The van der Waals surface area contributed by atoms with Crippen molar-refractivity contribution in [3.63, 3.8) is 0 Å². The fourth-order valence-corrected chi connectivity index (χ4v) is 2.53. The number of halogens is 1. The first-order valence-corrected chi connectivity index (χ1v) is 7.98. The van der Waals surface area contributed by atoms with Crippen LogP contribution in [0.25, 0.3) is 11.8 Å². The normalized spacial score (nSPS) is 10.9. The number of amides is 1. The molecule has 6 heteroatoms. The number of aryl methyl sites for hydroxylation is 1. The van der Waals surface area contributed by atoms with Crippen molar-refractivity contribution >= 4 is 17.7 Å². The Balaban J connectivity index is 1.72. The molecule has 3 rings (SSSR count). The highest BCUT2D eigenvalue weighted by Gasteiger charge is 2.07. The molecule has 0 saturated heterocycles. The summed E-state index contributed by atoms with van der Waals surface area (Å²) in [6, 6.07) is 10.2. The number of anilines is 1. The van der Waals surface area contributed by atoms with Crippen molar-refractivity contribution in [1.82, 2.24) is 9.55 Å². The molecule has 3 aromatic rings. The maximum absolute atomic E-state index is 14.2. The van der Waals surface area contributed by atoms with E-state index in [1.807, 2.05) is 25.1 Å². The van der Waals surface area contributed by atoms with Crippen LogP contribution in [0.1, 0.15) is 11.1 Å². The number of benzene rings is 2. The number of ether oxygens (including phenoxy) is 1. The third-order valence-corrected chi connectivity index (χ3v) is 3.80. The number of carbonyl (C=O) groups excluding carboxylic acids is 1. The molecule has 132 valence electrons. The van der Waals surface area contributed by atoms with Crippen LogP contribution in [0.2, 0.25) is 0 Å². The van der Waals surface area contributed by atoms with Gasteiger partial charge in [0.15, 0.2) is 0 Å². The van der Waals surface area contributed by atoms with Crippen LogP contribution in [0.4, 0.5) is 10.1 Å². The average Bonchev–Trinajstić information content (AvgIpc) is 3.14. The molecule has 1 heterocycles. The van der Waals surface area contributed by atoms with Gasteiger partial charge in [-0.25, -0.2) is 9.37 Å². The molecular weight excluding hydrogens is 333 g/mol. The van der Waals surface area contributed by atoms with E-state index in [1.54, 1.807) is 42.3 Å². The van der Waals surface area contributed by atoms with Crippen LogP contribution in [0, 0.1) is 12.7 Å². The molecule has 0 radical (unpaired) electrons. The van der Waals surface area contributed by atoms with E-state index in [9.17, 15) is 9.18 Å². The van der Waals surface area contributed by atoms with Gasteiger partial charge in [-0.05, 0) is 43.3 Å². The number of methoxy groups -OCH3 is 1. The second kappa shape index (κ2) is 7.65. The molecule has 0 aliphatic carbocycles. The van der Waals surface area contributed by atoms with Gasteiger partial charge in [-0.2, -0.15) is 0 Å². The van der Waals surface area contributed by atoms with Gasteiger partial charge in [0.1, 0.15) is 11.6 Å². The van der Waals surface area contributed by atoms with Gasteiger partial charge in [0, 0.05) is 29.7 Å². The predicted molar refractivity (Wildman–Crippen MR) is 98.9 cm³/mol. The van der Waals surface area contributed by atoms with E-state index in [0.717, 1.165) is 11.1 Å². The summed E-state index contributed by atoms with van der Waals surface area (Å²) in [7, 11) is 1.58. The zero-order valence-electron chi connectivity index (χ0n) is 14.4. The highest BCUT2D eigenvalue weighted by Crippen LogP contribution is 2.21. The van der Waals surface area contributed by atoms with Crippen molar-refractivity contribution in [2.24, 2.45) is 0 Å². The molecule has 0 aliphatic heterocycles. The number of nitrogens with zero attached hydrogens (tertiary/aromatic N) is 2. The zero-order chi connectivity index (χ0) is 18.5. The quantitative estimate of drug-likeness (QED) is 0.708. The predicted octanol–water partition coefficient (Wildman–Crippen LogP) is 3.98. The summed E-state index contributed by atoms with van der Waals surface area (Å²) in [4.78, 5) is 16.0. The Hall–Kier alpha value is -3.41. The molecule has 0 aliphatic rings. The molecule has 0 bridgehead atoms. The minimum absolute atomic E-state index is 0.358. The second-order valence-corrected chi connectivity index (χ2v) is 5.70. The molecule has 1 amide bonds. The minimum Gasteiger partial charge on any atom is -0.496 e. The molecule has 26 heavy (non-hydrogen) atoms. The zero-order valence-corrected chi connectivity index (χ0v) is 14.4. The van der Waals surface area contributed by atoms with E-state index < -0.39 is 5.82 Å². The van der Waals surface area contributed by atoms with Gasteiger partial charge in [-0.15, -0.1) is 0 Å². The molecule has 5 nitrogen and oxygen atoms in total. The van der Waals surface area contributed by atoms with Gasteiger partial charge in [-0.1, -0.05) is 11.6 Å². The maximum Gasteiger partial charge on any atom is 0.248 e. The van der Waals surface area contributed by atoms with Gasteiger partial charge in [0.2, 0.25) is 5.91 Å². The Morgan fingerprint density at radius 3 is 2.81 bits per heavy atom. The number of nitrogens with one attached hydrogen (secondary N) is 1. The Morgan fingerprint density at radius 1 is 1.27 bits per heavy atom. The number of aromatic nitrogens is 2. The molecule has 1 N–H and O–H groups in total. The van der Waals surface area contributed by atoms with E-state index in [1.165, 1.54) is 18.5 Å². The Kier molecular flexibility index (Phi) is 5.12. The van der Waals surface area contributed by atoms with Crippen LogP contribution in [0.15, 0.2) is 61.2 Å². The minimum atomic E-state index is -0.454. The molecule has 0 spiro atoms. The molecule has 0 fully saturated rings. The van der Waals surface area contributed by atoms with Crippen molar-refractivity contribution in [3.05, 3.63) is 78.1 Å². The van der Waals surface area contributed by atoms with Gasteiger partial charge < -0.3 is 14.6 Å². The molecule has 0 saturated carbocycles. The summed E-state index contributed by atoms with van der Waals surface area (Å²) in [5.74, 6) is -0.135. The smallest absolute Gasteiger partial charge is 0.248 e. The number of hydrogen-bond acceptors (Lipinski definition) is 3. The molecular formula is C20H18FN3O2. The van der Waals surface area contributed by atoms with Gasteiger partial charge in [0.05, 0.1) is 19.1 Å². The standard InChI is InChI=1S/C20H18FN3O2/c1-14-3-7-19(26-2)15(11-14)4-8-20(25)23-16-5-6-18(17(21)12-16)24-10-9-22-13-24/h3-13H,1-2H3,(H,23,25). The Labute approximate surface area is 150 Å².